The smallest absolute Gasteiger partial charge is 0.236 e. The van der Waals surface area contributed by atoms with E-state index in [2.05, 4.69) is 10.6 Å². The van der Waals surface area contributed by atoms with Gasteiger partial charge in [-0.25, -0.2) is 0 Å². The molecule has 1 rings (SSSR count). The van der Waals surface area contributed by atoms with Gasteiger partial charge >= 0.3 is 0 Å². The van der Waals surface area contributed by atoms with E-state index in [-0.39, 0.29) is 18.4 Å². The monoisotopic (exact) mass is 270 g/mol. The Morgan fingerprint density at radius 1 is 1.26 bits per heavy atom. The largest absolute Gasteiger partial charge is 0.355 e. The van der Waals surface area contributed by atoms with Gasteiger partial charge in [0, 0.05) is 26.2 Å². The van der Waals surface area contributed by atoms with E-state index < -0.39 is 0 Å². The van der Waals surface area contributed by atoms with Crippen LogP contribution in [0.1, 0.15) is 19.8 Å². The molecule has 1 aliphatic heterocycles. The first-order valence-electron chi connectivity index (χ1n) is 7.07. The number of rotatable bonds is 6. The molecule has 0 aliphatic carbocycles. The zero-order valence-corrected chi connectivity index (χ0v) is 12.1. The zero-order valence-electron chi connectivity index (χ0n) is 12.1. The highest BCUT2D eigenvalue weighted by molar-refractivity contribution is 5.81. The van der Waals surface area contributed by atoms with E-state index in [1.807, 2.05) is 11.8 Å². The molecule has 1 heterocycles. The highest BCUT2D eigenvalue weighted by Crippen LogP contribution is 1.97. The SMILES string of the molecule is CCCNC(=O)CN(C)CC(=O)N1CCCNCC1. The Morgan fingerprint density at radius 2 is 2.05 bits per heavy atom. The predicted molar refractivity (Wildman–Crippen MR) is 74.9 cm³/mol. The fourth-order valence-electron chi connectivity index (χ4n) is 2.05. The van der Waals surface area contributed by atoms with Gasteiger partial charge in [0.05, 0.1) is 13.1 Å². The molecule has 110 valence electrons. The Labute approximate surface area is 115 Å². The summed E-state index contributed by atoms with van der Waals surface area (Å²) in [6.07, 6.45) is 1.92. The third-order valence-corrected chi connectivity index (χ3v) is 3.08. The summed E-state index contributed by atoms with van der Waals surface area (Å²) in [6.45, 7) is 6.68. The van der Waals surface area contributed by atoms with Crippen LogP contribution in [0.3, 0.4) is 0 Å². The van der Waals surface area contributed by atoms with E-state index in [0.29, 0.717) is 13.1 Å². The van der Waals surface area contributed by atoms with Crippen molar-refractivity contribution in [2.45, 2.75) is 19.8 Å². The van der Waals surface area contributed by atoms with E-state index in [1.165, 1.54) is 0 Å². The van der Waals surface area contributed by atoms with E-state index in [4.69, 9.17) is 0 Å². The summed E-state index contributed by atoms with van der Waals surface area (Å²) in [5, 5.41) is 6.08. The van der Waals surface area contributed by atoms with Gasteiger partial charge < -0.3 is 15.5 Å². The van der Waals surface area contributed by atoms with Crippen LogP contribution in [0.25, 0.3) is 0 Å². The van der Waals surface area contributed by atoms with Gasteiger partial charge in [-0.1, -0.05) is 6.92 Å². The molecular weight excluding hydrogens is 244 g/mol. The Kier molecular flexibility index (Phi) is 7.43. The molecule has 2 amide bonds. The zero-order chi connectivity index (χ0) is 14.1. The van der Waals surface area contributed by atoms with E-state index in [1.54, 1.807) is 11.9 Å². The molecule has 0 saturated carbocycles. The van der Waals surface area contributed by atoms with E-state index >= 15 is 0 Å². The Bertz CT molecular complexity index is 288. The standard InChI is InChI=1S/C13H26N4O2/c1-3-5-15-12(18)10-16(2)11-13(19)17-8-4-6-14-7-9-17/h14H,3-11H2,1-2H3,(H,15,18). The lowest BCUT2D eigenvalue weighted by molar-refractivity contribution is -0.132. The summed E-state index contributed by atoms with van der Waals surface area (Å²) in [6, 6.07) is 0. The number of carbonyl (C=O) groups excluding carboxylic acids is 2. The molecule has 0 aromatic heterocycles. The maximum Gasteiger partial charge on any atom is 0.236 e. The molecule has 2 N–H and O–H groups in total. The molecule has 19 heavy (non-hydrogen) atoms. The van der Waals surface area contributed by atoms with Gasteiger partial charge in [0.2, 0.25) is 11.8 Å². The first kappa shape index (κ1) is 15.9. The number of nitrogens with one attached hydrogen (secondary N) is 2. The summed E-state index contributed by atoms with van der Waals surface area (Å²) in [5.41, 5.74) is 0. The van der Waals surface area contributed by atoms with Crippen LogP contribution in [0.2, 0.25) is 0 Å². The molecular formula is C13H26N4O2. The number of carbonyl (C=O) groups is 2. The molecule has 0 aromatic carbocycles. The average molecular weight is 270 g/mol. The second-order valence-corrected chi connectivity index (χ2v) is 5.01. The van der Waals surface area contributed by atoms with Crippen molar-refractivity contribution in [3.63, 3.8) is 0 Å². The quantitative estimate of drug-likeness (QED) is 0.668. The second-order valence-electron chi connectivity index (χ2n) is 5.01. The van der Waals surface area contributed by atoms with Crippen LogP contribution in [0, 0.1) is 0 Å². The van der Waals surface area contributed by atoms with Crippen LogP contribution in [-0.4, -0.2) is 74.5 Å². The number of nitrogens with zero attached hydrogens (tertiary/aromatic N) is 2. The normalized spacial score (nSPS) is 16.3. The molecule has 0 unspecified atom stereocenters. The maximum absolute atomic E-state index is 12.1. The maximum atomic E-state index is 12.1. The summed E-state index contributed by atoms with van der Waals surface area (Å²) in [4.78, 5) is 27.3. The molecule has 1 aliphatic rings. The van der Waals surface area contributed by atoms with Gasteiger partial charge in [-0.15, -0.1) is 0 Å². The Balaban J connectivity index is 2.28. The average Bonchev–Trinajstić information content (AvgIpc) is 2.64. The van der Waals surface area contributed by atoms with Crippen LogP contribution < -0.4 is 10.6 Å². The first-order chi connectivity index (χ1) is 9.13. The molecule has 1 saturated heterocycles. The van der Waals surface area contributed by atoms with Crippen molar-refractivity contribution in [3.05, 3.63) is 0 Å². The second kappa shape index (κ2) is 8.87. The van der Waals surface area contributed by atoms with Crippen molar-refractivity contribution in [2.24, 2.45) is 0 Å². The van der Waals surface area contributed by atoms with Gasteiger partial charge in [-0.05, 0) is 26.4 Å². The number of amides is 2. The van der Waals surface area contributed by atoms with Crippen molar-refractivity contribution in [2.75, 3.05) is 52.9 Å². The van der Waals surface area contributed by atoms with Crippen LogP contribution in [-0.2, 0) is 9.59 Å². The third kappa shape index (κ3) is 6.54. The minimum Gasteiger partial charge on any atom is -0.355 e. The lowest BCUT2D eigenvalue weighted by Gasteiger charge is -2.23. The van der Waals surface area contributed by atoms with Crippen LogP contribution in [0.4, 0.5) is 0 Å². The molecule has 6 nitrogen and oxygen atoms in total. The molecule has 0 radical (unpaired) electrons. The first-order valence-corrected chi connectivity index (χ1v) is 7.07. The lowest BCUT2D eigenvalue weighted by Crippen LogP contribution is -2.43. The molecule has 0 bridgehead atoms. The molecule has 0 atom stereocenters. The Hall–Kier alpha value is -1.14. The number of hydrogen-bond acceptors (Lipinski definition) is 4. The highest BCUT2D eigenvalue weighted by Gasteiger charge is 2.17. The fraction of sp³-hybridized carbons (Fsp3) is 0.846. The number of hydrogen-bond donors (Lipinski definition) is 2. The lowest BCUT2D eigenvalue weighted by atomic mass is 10.3. The molecule has 0 aromatic rings. The van der Waals surface area contributed by atoms with E-state index in [0.717, 1.165) is 39.0 Å². The molecule has 0 spiro atoms. The minimum atomic E-state index is -0.0188. The molecule has 1 fully saturated rings. The van der Waals surface area contributed by atoms with Gasteiger partial charge in [0.1, 0.15) is 0 Å². The summed E-state index contributed by atoms with van der Waals surface area (Å²) >= 11 is 0. The Morgan fingerprint density at radius 3 is 2.79 bits per heavy atom. The van der Waals surface area contributed by atoms with Gasteiger partial charge in [0.15, 0.2) is 0 Å². The number of likely N-dealkylation sites (N-methyl/N-ethyl adjacent to an activating group) is 1. The van der Waals surface area contributed by atoms with Gasteiger partial charge in [-0.3, -0.25) is 14.5 Å². The topological polar surface area (TPSA) is 64.7 Å². The van der Waals surface area contributed by atoms with Crippen LogP contribution in [0.15, 0.2) is 0 Å². The summed E-state index contributed by atoms with van der Waals surface area (Å²) < 4.78 is 0. The van der Waals surface area contributed by atoms with Crippen LogP contribution >= 0.6 is 0 Å². The van der Waals surface area contributed by atoms with Crippen molar-refractivity contribution in [1.82, 2.24) is 20.4 Å². The summed E-state index contributed by atoms with van der Waals surface area (Å²) in [5.74, 6) is 0.0872. The van der Waals surface area contributed by atoms with Crippen molar-refractivity contribution >= 4 is 11.8 Å². The van der Waals surface area contributed by atoms with Crippen molar-refractivity contribution < 1.29 is 9.59 Å². The summed E-state index contributed by atoms with van der Waals surface area (Å²) in [7, 11) is 1.81. The van der Waals surface area contributed by atoms with Crippen LogP contribution in [0.5, 0.6) is 0 Å². The highest BCUT2D eigenvalue weighted by atomic mass is 16.2. The van der Waals surface area contributed by atoms with Crippen molar-refractivity contribution in [1.29, 1.82) is 0 Å². The van der Waals surface area contributed by atoms with Gasteiger partial charge in [-0.2, -0.15) is 0 Å². The fourth-order valence-corrected chi connectivity index (χ4v) is 2.05. The van der Waals surface area contributed by atoms with E-state index in [9.17, 15) is 9.59 Å². The van der Waals surface area contributed by atoms with Crippen molar-refractivity contribution in [3.8, 4) is 0 Å². The third-order valence-electron chi connectivity index (χ3n) is 3.08. The van der Waals surface area contributed by atoms with Gasteiger partial charge in [0.25, 0.3) is 0 Å². The predicted octanol–water partition coefficient (Wildman–Crippen LogP) is -0.734. The minimum absolute atomic E-state index is 0.0188. The molecule has 6 heteroatoms.